The molecule has 0 saturated carbocycles. The maximum Gasteiger partial charge on any atom is 0.0410 e. The number of rotatable bonds is 3. The van der Waals surface area contributed by atoms with Crippen molar-refractivity contribution in [3.63, 3.8) is 0 Å². The van der Waals surface area contributed by atoms with Gasteiger partial charge in [0.1, 0.15) is 0 Å². The van der Waals surface area contributed by atoms with Crippen molar-refractivity contribution < 1.29 is 0 Å². The number of benzene rings is 1. The summed E-state index contributed by atoms with van der Waals surface area (Å²) in [6.07, 6.45) is 3.62. The zero-order chi connectivity index (χ0) is 11.4. The van der Waals surface area contributed by atoms with Gasteiger partial charge in [0.15, 0.2) is 0 Å². The minimum absolute atomic E-state index is 0.537. The fourth-order valence-electron chi connectivity index (χ4n) is 1.32. The molecule has 0 bridgehead atoms. The largest absolute Gasteiger partial charge is 0.326 e. The van der Waals surface area contributed by atoms with Gasteiger partial charge in [-0.25, -0.2) is 0 Å². The average molecular weight is 295 g/mol. The van der Waals surface area contributed by atoms with Crippen LogP contribution in [0.4, 0.5) is 0 Å². The second-order valence-electron chi connectivity index (χ2n) is 3.22. The van der Waals surface area contributed by atoms with Crippen molar-refractivity contribution in [2.45, 2.75) is 16.3 Å². The van der Waals surface area contributed by atoms with Crippen LogP contribution in [0, 0.1) is 0 Å². The van der Waals surface area contributed by atoms with E-state index >= 15 is 0 Å². The summed E-state index contributed by atoms with van der Waals surface area (Å²) in [6, 6.07) is 10.1. The summed E-state index contributed by atoms with van der Waals surface area (Å²) >= 11 is 5.20. The molecule has 0 aliphatic carbocycles. The van der Waals surface area contributed by atoms with Crippen molar-refractivity contribution in [1.29, 1.82) is 0 Å². The van der Waals surface area contributed by atoms with E-state index in [1.54, 1.807) is 18.0 Å². The van der Waals surface area contributed by atoms with E-state index in [9.17, 15) is 0 Å². The molecule has 2 nitrogen and oxygen atoms in total. The molecular formula is C12H11BrN2S. The van der Waals surface area contributed by atoms with E-state index in [2.05, 4.69) is 27.0 Å². The zero-order valence-corrected chi connectivity index (χ0v) is 11.0. The molecule has 0 aliphatic rings. The first-order valence-corrected chi connectivity index (χ1v) is 6.47. The van der Waals surface area contributed by atoms with Gasteiger partial charge in [-0.2, -0.15) is 0 Å². The average Bonchev–Trinajstić information content (AvgIpc) is 2.33. The summed E-state index contributed by atoms with van der Waals surface area (Å²) < 4.78 is 1.09. The van der Waals surface area contributed by atoms with Crippen LogP contribution in [0.15, 0.2) is 57.0 Å². The Hall–Kier alpha value is -0.840. The van der Waals surface area contributed by atoms with Crippen LogP contribution in [0.2, 0.25) is 0 Å². The van der Waals surface area contributed by atoms with Crippen LogP contribution in [-0.2, 0) is 6.54 Å². The molecule has 0 spiro atoms. The number of hydrogen-bond acceptors (Lipinski definition) is 3. The smallest absolute Gasteiger partial charge is 0.0410 e. The summed E-state index contributed by atoms with van der Waals surface area (Å²) in [5.41, 5.74) is 6.81. The van der Waals surface area contributed by atoms with Gasteiger partial charge in [-0.1, -0.05) is 23.9 Å². The van der Waals surface area contributed by atoms with Gasteiger partial charge in [-0.15, -0.1) is 0 Å². The first kappa shape index (κ1) is 11.6. The lowest BCUT2D eigenvalue weighted by Gasteiger charge is -2.07. The van der Waals surface area contributed by atoms with Crippen LogP contribution in [0.3, 0.4) is 0 Å². The summed E-state index contributed by atoms with van der Waals surface area (Å²) in [4.78, 5) is 6.41. The molecule has 82 valence electrons. The molecule has 0 saturated heterocycles. The summed E-state index contributed by atoms with van der Waals surface area (Å²) in [7, 11) is 0. The molecule has 0 aliphatic heterocycles. The number of nitrogens with zero attached hydrogens (tertiary/aromatic N) is 1. The lowest BCUT2D eigenvalue weighted by molar-refractivity contribution is 1.00. The van der Waals surface area contributed by atoms with E-state index < -0.39 is 0 Å². The topological polar surface area (TPSA) is 38.9 Å². The summed E-state index contributed by atoms with van der Waals surface area (Å²) in [5, 5.41) is 0. The fraction of sp³-hybridized carbons (Fsp3) is 0.0833. The molecule has 2 aromatic rings. The van der Waals surface area contributed by atoms with E-state index in [-0.39, 0.29) is 0 Å². The fourth-order valence-corrected chi connectivity index (χ4v) is 2.79. The van der Waals surface area contributed by atoms with Crippen molar-refractivity contribution in [3.8, 4) is 0 Å². The van der Waals surface area contributed by atoms with E-state index in [0.29, 0.717) is 6.54 Å². The van der Waals surface area contributed by atoms with E-state index in [1.165, 1.54) is 4.90 Å². The van der Waals surface area contributed by atoms with Crippen molar-refractivity contribution in [2.75, 3.05) is 0 Å². The molecule has 4 heteroatoms. The van der Waals surface area contributed by atoms with Gasteiger partial charge in [0.25, 0.3) is 0 Å². The van der Waals surface area contributed by atoms with E-state index in [0.717, 1.165) is 14.9 Å². The third-order valence-corrected chi connectivity index (χ3v) is 4.26. The third-order valence-electron chi connectivity index (χ3n) is 2.15. The molecule has 0 fully saturated rings. The van der Waals surface area contributed by atoms with Gasteiger partial charge in [0, 0.05) is 33.2 Å². The first-order valence-electron chi connectivity index (χ1n) is 4.86. The predicted molar refractivity (Wildman–Crippen MR) is 70.4 cm³/mol. The van der Waals surface area contributed by atoms with Crippen LogP contribution in [0.1, 0.15) is 5.56 Å². The highest BCUT2D eigenvalue weighted by molar-refractivity contribution is 9.10. The SMILES string of the molecule is NCc1ccncc1Sc1ccccc1Br. The summed E-state index contributed by atoms with van der Waals surface area (Å²) in [6.45, 7) is 0.537. The molecule has 1 heterocycles. The van der Waals surface area contributed by atoms with Crippen LogP contribution >= 0.6 is 27.7 Å². The quantitative estimate of drug-likeness (QED) is 0.942. The Morgan fingerprint density at radius 2 is 2.00 bits per heavy atom. The minimum atomic E-state index is 0.537. The van der Waals surface area contributed by atoms with Gasteiger partial charge in [-0.05, 0) is 39.7 Å². The van der Waals surface area contributed by atoms with Crippen molar-refractivity contribution in [3.05, 3.63) is 52.8 Å². The van der Waals surface area contributed by atoms with Crippen molar-refractivity contribution >= 4 is 27.7 Å². The molecule has 2 N–H and O–H groups in total. The van der Waals surface area contributed by atoms with Crippen LogP contribution in [0.5, 0.6) is 0 Å². The molecule has 0 radical (unpaired) electrons. The Balaban J connectivity index is 2.30. The molecule has 0 amide bonds. The second kappa shape index (κ2) is 5.48. The molecular weight excluding hydrogens is 284 g/mol. The Labute approximate surface area is 107 Å². The lowest BCUT2D eigenvalue weighted by Crippen LogP contribution is -1.98. The van der Waals surface area contributed by atoms with Crippen LogP contribution in [0.25, 0.3) is 0 Å². The first-order chi connectivity index (χ1) is 7.81. The number of pyridine rings is 1. The van der Waals surface area contributed by atoms with E-state index in [4.69, 9.17) is 5.73 Å². The standard InChI is InChI=1S/C12H11BrN2S/c13-10-3-1-2-4-11(10)16-12-8-15-6-5-9(12)7-14/h1-6,8H,7,14H2. The third kappa shape index (κ3) is 2.64. The maximum absolute atomic E-state index is 5.69. The van der Waals surface area contributed by atoms with Gasteiger partial charge in [0.05, 0.1) is 0 Å². The molecule has 0 unspecified atom stereocenters. The molecule has 1 aromatic heterocycles. The van der Waals surface area contributed by atoms with Crippen molar-refractivity contribution in [2.24, 2.45) is 5.73 Å². The molecule has 0 atom stereocenters. The highest BCUT2D eigenvalue weighted by Crippen LogP contribution is 2.34. The summed E-state index contributed by atoms with van der Waals surface area (Å²) in [5.74, 6) is 0. The Kier molecular flexibility index (Phi) is 3.98. The molecule has 2 rings (SSSR count). The van der Waals surface area contributed by atoms with Gasteiger partial charge in [-0.3, -0.25) is 4.98 Å². The monoisotopic (exact) mass is 294 g/mol. The lowest BCUT2D eigenvalue weighted by atomic mass is 10.3. The van der Waals surface area contributed by atoms with Crippen LogP contribution in [-0.4, -0.2) is 4.98 Å². The van der Waals surface area contributed by atoms with Gasteiger partial charge in [0.2, 0.25) is 0 Å². The number of aromatic nitrogens is 1. The highest BCUT2D eigenvalue weighted by Gasteiger charge is 2.05. The van der Waals surface area contributed by atoms with Crippen molar-refractivity contribution in [1.82, 2.24) is 4.98 Å². The van der Waals surface area contributed by atoms with Crippen LogP contribution < -0.4 is 5.73 Å². The number of halogens is 1. The Morgan fingerprint density at radius 1 is 1.19 bits per heavy atom. The molecule has 16 heavy (non-hydrogen) atoms. The zero-order valence-electron chi connectivity index (χ0n) is 8.56. The van der Waals surface area contributed by atoms with Gasteiger partial charge < -0.3 is 5.73 Å². The number of nitrogens with two attached hydrogens (primary N) is 1. The number of hydrogen-bond donors (Lipinski definition) is 1. The predicted octanol–water partition coefficient (Wildman–Crippen LogP) is 3.45. The second-order valence-corrected chi connectivity index (χ2v) is 5.16. The maximum atomic E-state index is 5.69. The molecule has 1 aromatic carbocycles. The Morgan fingerprint density at radius 3 is 2.75 bits per heavy atom. The normalized spacial score (nSPS) is 10.4. The minimum Gasteiger partial charge on any atom is -0.326 e. The highest BCUT2D eigenvalue weighted by atomic mass is 79.9. The van der Waals surface area contributed by atoms with Gasteiger partial charge >= 0.3 is 0 Å². The Bertz CT molecular complexity index is 488. The van der Waals surface area contributed by atoms with E-state index in [1.807, 2.05) is 30.5 Å².